The molecule has 5 rings (SSSR count). The highest BCUT2D eigenvalue weighted by molar-refractivity contribution is 9.10. The number of nitrogens with zero attached hydrogens (tertiary/aromatic N) is 5. The van der Waals surface area contributed by atoms with Gasteiger partial charge in [0.1, 0.15) is 5.82 Å². The lowest BCUT2D eigenvalue weighted by atomic mass is 9.92. The molecule has 2 aliphatic rings. The van der Waals surface area contributed by atoms with Crippen molar-refractivity contribution in [2.24, 2.45) is 5.92 Å². The van der Waals surface area contributed by atoms with Crippen molar-refractivity contribution in [1.29, 1.82) is 0 Å². The van der Waals surface area contributed by atoms with Crippen molar-refractivity contribution in [3.8, 4) is 0 Å². The topological polar surface area (TPSA) is 58.4 Å². The van der Waals surface area contributed by atoms with E-state index in [4.69, 9.17) is 4.98 Å². The summed E-state index contributed by atoms with van der Waals surface area (Å²) in [5, 5.41) is 8.05. The molecule has 2 fully saturated rings. The van der Waals surface area contributed by atoms with Gasteiger partial charge in [0, 0.05) is 42.7 Å². The second-order valence-corrected chi connectivity index (χ2v) is 9.75. The van der Waals surface area contributed by atoms with Crippen LogP contribution >= 0.6 is 15.9 Å². The zero-order valence-electron chi connectivity index (χ0n) is 17.5. The van der Waals surface area contributed by atoms with Crippen LogP contribution in [0.25, 0.3) is 5.65 Å². The molecule has 0 aromatic carbocycles. The molecule has 1 saturated carbocycles. The number of pyridine rings is 1. The van der Waals surface area contributed by atoms with Crippen LogP contribution < -0.4 is 5.32 Å². The molecular formula is C23H29BrN6. The third-order valence-corrected chi connectivity index (χ3v) is 7.34. The highest BCUT2D eigenvalue weighted by Gasteiger charge is 2.31. The Balaban J connectivity index is 1.34. The van der Waals surface area contributed by atoms with Gasteiger partial charge in [0.05, 0.1) is 10.7 Å². The monoisotopic (exact) mass is 468 g/mol. The summed E-state index contributed by atoms with van der Waals surface area (Å²) >= 11 is 3.62. The number of rotatable bonds is 5. The average Bonchev–Trinajstić information content (AvgIpc) is 3.39. The summed E-state index contributed by atoms with van der Waals surface area (Å²) in [6.45, 7) is 5.49. The van der Waals surface area contributed by atoms with Crippen LogP contribution in [-0.4, -0.2) is 43.6 Å². The molecule has 3 aromatic heterocycles. The lowest BCUT2D eigenvalue weighted by Crippen LogP contribution is -2.39. The minimum absolute atomic E-state index is 0.505. The Labute approximate surface area is 186 Å². The molecule has 2 atom stereocenters. The molecule has 0 spiro atoms. The lowest BCUT2D eigenvalue weighted by molar-refractivity contribution is 0.151. The molecule has 0 bridgehead atoms. The van der Waals surface area contributed by atoms with Gasteiger partial charge in [-0.2, -0.15) is 9.61 Å². The zero-order valence-corrected chi connectivity index (χ0v) is 19.1. The predicted octanol–water partition coefficient (Wildman–Crippen LogP) is 4.87. The number of piperidine rings is 1. The van der Waals surface area contributed by atoms with E-state index in [2.05, 4.69) is 55.3 Å². The Morgan fingerprint density at radius 3 is 2.77 bits per heavy atom. The number of aromatic nitrogens is 4. The summed E-state index contributed by atoms with van der Waals surface area (Å²) in [6.07, 6.45) is 12.0. The molecule has 1 saturated heterocycles. The van der Waals surface area contributed by atoms with Crippen molar-refractivity contribution in [1.82, 2.24) is 24.5 Å². The number of fused-ring (bicyclic) bond motifs is 1. The van der Waals surface area contributed by atoms with Gasteiger partial charge in [0.25, 0.3) is 0 Å². The van der Waals surface area contributed by atoms with E-state index in [9.17, 15) is 0 Å². The highest BCUT2D eigenvalue weighted by atomic mass is 79.9. The minimum Gasteiger partial charge on any atom is -0.366 e. The van der Waals surface area contributed by atoms with Crippen LogP contribution in [0.3, 0.4) is 0 Å². The van der Waals surface area contributed by atoms with Crippen molar-refractivity contribution < 1.29 is 0 Å². The molecule has 6 nitrogen and oxygen atoms in total. The number of hydrogen-bond acceptors (Lipinski definition) is 5. The number of nitrogens with one attached hydrogen (secondary N) is 1. The standard InChI is InChI=1S/C23H29BrN6/c1-16-4-5-19(11-16)29-9-6-18(7-10-29)21-12-22(26-14-17-3-2-8-25-13-17)30-23(28-21)20(24)15-27-30/h2-3,8,12-13,15-16,18-19,26H,4-7,9-11,14H2,1H3. The molecule has 3 aromatic rings. The second kappa shape index (κ2) is 8.63. The normalized spacial score (nSPS) is 23.3. The molecule has 2 unspecified atom stereocenters. The Hall–Kier alpha value is -1.99. The van der Waals surface area contributed by atoms with Crippen LogP contribution in [0.1, 0.15) is 56.2 Å². The summed E-state index contributed by atoms with van der Waals surface area (Å²) in [5.74, 6) is 2.38. The number of likely N-dealkylation sites (tertiary alicyclic amines) is 1. The SMILES string of the molecule is CC1CCC(N2CCC(c3cc(NCc4cccnc4)n4ncc(Br)c4n3)CC2)C1. The molecule has 158 valence electrons. The molecule has 1 N–H and O–H groups in total. The van der Waals surface area contributed by atoms with Crippen molar-refractivity contribution in [3.05, 3.63) is 52.5 Å². The van der Waals surface area contributed by atoms with Gasteiger partial charge in [-0.3, -0.25) is 4.98 Å². The van der Waals surface area contributed by atoms with Crippen molar-refractivity contribution >= 4 is 27.4 Å². The number of hydrogen-bond donors (Lipinski definition) is 1. The van der Waals surface area contributed by atoms with Crippen LogP contribution in [0.4, 0.5) is 5.82 Å². The third-order valence-electron chi connectivity index (χ3n) is 6.78. The maximum atomic E-state index is 4.99. The maximum Gasteiger partial charge on any atom is 0.171 e. The van der Waals surface area contributed by atoms with E-state index in [0.29, 0.717) is 12.5 Å². The van der Waals surface area contributed by atoms with E-state index in [1.165, 1.54) is 50.9 Å². The molecule has 30 heavy (non-hydrogen) atoms. The molecule has 0 radical (unpaired) electrons. The quantitative estimate of drug-likeness (QED) is 0.578. The van der Waals surface area contributed by atoms with Crippen LogP contribution in [0, 0.1) is 5.92 Å². The van der Waals surface area contributed by atoms with Gasteiger partial charge >= 0.3 is 0 Å². The molecule has 4 heterocycles. The fraction of sp³-hybridized carbons (Fsp3) is 0.522. The Morgan fingerprint density at radius 1 is 1.17 bits per heavy atom. The smallest absolute Gasteiger partial charge is 0.171 e. The third kappa shape index (κ3) is 4.10. The average molecular weight is 469 g/mol. The molecular weight excluding hydrogens is 440 g/mol. The van der Waals surface area contributed by atoms with E-state index in [0.717, 1.165) is 33.5 Å². The van der Waals surface area contributed by atoms with Gasteiger partial charge in [0.15, 0.2) is 5.65 Å². The maximum absolute atomic E-state index is 4.99. The lowest BCUT2D eigenvalue weighted by Gasteiger charge is -2.36. The molecule has 0 amide bonds. The van der Waals surface area contributed by atoms with Crippen LogP contribution in [0.15, 0.2) is 41.3 Å². The first-order valence-electron chi connectivity index (χ1n) is 11.1. The largest absolute Gasteiger partial charge is 0.366 e. The second-order valence-electron chi connectivity index (χ2n) is 8.89. The van der Waals surface area contributed by atoms with E-state index < -0.39 is 0 Å². The van der Waals surface area contributed by atoms with Crippen LogP contribution in [0.5, 0.6) is 0 Å². The van der Waals surface area contributed by atoms with Gasteiger partial charge < -0.3 is 10.2 Å². The predicted molar refractivity (Wildman–Crippen MR) is 123 cm³/mol. The van der Waals surface area contributed by atoms with E-state index in [-0.39, 0.29) is 0 Å². The first-order valence-corrected chi connectivity index (χ1v) is 11.9. The summed E-state index contributed by atoms with van der Waals surface area (Å²) in [5.41, 5.74) is 3.21. The van der Waals surface area contributed by atoms with Crippen LogP contribution in [-0.2, 0) is 6.54 Å². The van der Waals surface area contributed by atoms with Crippen LogP contribution in [0.2, 0.25) is 0 Å². The van der Waals surface area contributed by atoms with E-state index in [1.807, 2.05) is 23.0 Å². The van der Waals surface area contributed by atoms with Gasteiger partial charge in [-0.05, 0) is 78.7 Å². The van der Waals surface area contributed by atoms with Gasteiger partial charge in [-0.15, -0.1) is 0 Å². The summed E-state index contributed by atoms with van der Waals surface area (Å²) in [7, 11) is 0. The van der Waals surface area contributed by atoms with E-state index >= 15 is 0 Å². The van der Waals surface area contributed by atoms with Gasteiger partial charge in [0.2, 0.25) is 0 Å². The molecule has 1 aliphatic heterocycles. The summed E-state index contributed by atoms with van der Waals surface area (Å²) in [6, 6.07) is 7.05. The Bertz CT molecular complexity index is 996. The first kappa shape index (κ1) is 19.9. The van der Waals surface area contributed by atoms with Gasteiger partial charge in [-0.25, -0.2) is 4.98 Å². The summed E-state index contributed by atoms with van der Waals surface area (Å²) < 4.78 is 2.82. The highest BCUT2D eigenvalue weighted by Crippen LogP contribution is 2.35. The first-order chi connectivity index (χ1) is 14.7. The minimum atomic E-state index is 0.505. The Kier molecular flexibility index (Phi) is 5.74. The van der Waals surface area contributed by atoms with Crippen molar-refractivity contribution in [3.63, 3.8) is 0 Å². The van der Waals surface area contributed by atoms with Crippen molar-refractivity contribution in [2.75, 3.05) is 18.4 Å². The van der Waals surface area contributed by atoms with Crippen molar-refractivity contribution in [2.45, 2.75) is 57.5 Å². The Morgan fingerprint density at radius 2 is 2.03 bits per heavy atom. The fourth-order valence-corrected chi connectivity index (χ4v) is 5.40. The zero-order chi connectivity index (χ0) is 20.5. The number of anilines is 1. The van der Waals surface area contributed by atoms with Gasteiger partial charge in [-0.1, -0.05) is 13.0 Å². The molecule has 7 heteroatoms. The number of halogens is 1. The fourth-order valence-electron chi connectivity index (χ4n) is 5.05. The van der Waals surface area contributed by atoms with E-state index in [1.54, 1.807) is 6.20 Å². The molecule has 1 aliphatic carbocycles. The summed E-state index contributed by atoms with van der Waals surface area (Å²) in [4.78, 5) is 11.9.